The molecule has 0 saturated heterocycles. The summed E-state index contributed by atoms with van der Waals surface area (Å²) in [5, 5.41) is 19.2. The third kappa shape index (κ3) is 3.01. The van der Waals surface area contributed by atoms with Crippen molar-refractivity contribution in [1.82, 2.24) is 9.97 Å². The summed E-state index contributed by atoms with van der Waals surface area (Å²) in [6.07, 6.45) is 0. The number of H-pyrrole nitrogens is 1. The maximum atomic E-state index is 10.6. The Morgan fingerprint density at radius 2 is 1.86 bits per heavy atom. The van der Waals surface area contributed by atoms with Crippen LogP contribution < -0.4 is 9.80 Å². The van der Waals surface area contributed by atoms with Crippen molar-refractivity contribution < 1.29 is 5.11 Å². The lowest BCUT2D eigenvalue weighted by Gasteiger charge is -2.23. The number of imidazole rings is 1. The van der Waals surface area contributed by atoms with Gasteiger partial charge in [-0.1, -0.05) is 6.07 Å². The molecular formula is C22H25N5O. The van der Waals surface area contributed by atoms with Crippen molar-refractivity contribution in [3.05, 3.63) is 59.6 Å². The summed E-state index contributed by atoms with van der Waals surface area (Å²) >= 11 is 0. The van der Waals surface area contributed by atoms with Crippen LogP contribution in [0.25, 0.3) is 16.6 Å². The summed E-state index contributed by atoms with van der Waals surface area (Å²) in [6, 6.07) is 14.1. The Hall–Kier alpha value is -3.28. The molecule has 6 heteroatoms. The van der Waals surface area contributed by atoms with Crippen LogP contribution in [0.3, 0.4) is 0 Å². The van der Waals surface area contributed by atoms with E-state index in [-0.39, 0.29) is 18.1 Å². The quantitative estimate of drug-likeness (QED) is 0.614. The lowest BCUT2D eigenvalue weighted by molar-refractivity contribution is 0.411. The van der Waals surface area contributed by atoms with E-state index >= 15 is 0 Å². The fourth-order valence-electron chi connectivity index (χ4n) is 3.72. The molecule has 0 saturated carbocycles. The normalized spacial score (nSPS) is 14.4. The first kappa shape index (κ1) is 18.1. The van der Waals surface area contributed by atoms with Gasteiger partial charge in [0.25, 0.3) is 0 Å². The molecule has 0 fully saturated rings. The minimum absolute atomic E-state index is 0.161. The van der Waals surface area contributed by atoms with Crippen molar-refractivity contribution in [2.45, 2.75) is 20.8 Å². The van der Waals surface area contributed by atoms with Crippen molar-refractivity contribution in [2.75, 3.05) is 29.4 Å². The van der Waals surface area contributed by atoms with E-state index in [9.17, 15) is 5.11 Å². The van der Waals surface area contributed by atoms with Crippen molar-refractivity contribution in [3.8, 4) is 0 Å². The Bertz CT molecular complexity index is 1060. The summed E-state index contributed by atoms with van der Waals surface area (Å²) in [6.45, 7) is 8.47. The lowest BCUT2D eigenvalue weighted by atomic mass is 10.2. The van der Waals surface area contributed by atoms with E-state index in [1.54, 1.807) is 4.90 Å². The molecule has 28 heavy (non-hydrogen) atoms. The standard InChI is InChI=1S/C22H25N5O/c1-4-26(5-2)15-7-9-16(10-8-15)27-13-19(28)20(21(27)23)22-24-17-11-6-14(3)12-18(17)25-22/h6-12,23,28H,4-5,13H2,1-3H3,(H,24,25). The third-order valence-corrected chi connectivity index (χ3v) is 5.27. The van der Waals surface area contributed by atoms with Gasteiger partial charge >= 0.3 is 0 Å². The molecule has 0 spiro atoms. The number of hydrogen-bond acceptors (Lipinski definition) is 4. The molecule has 0 unspecified atom stereocenters. The molecule has 3 N–H and O–H groups in total. The summed E-state index contributed by atoms with van der Waals surface area (Å²) in [7, 11) is 0. The summed E-state index contributed by atoms with van der Waals surface area (Å²) in [5.41, 5.74) is 5.37. The molecule has 4 rings (SSSR count). The second-order valence-electron chi connectivity index (χ2n) is 7.05. The van der Waals surface area contributed by atoms with Crippen LogP contribution in [0.1, 0.15) is 25.2 Å². The summed E-state index contributed by atoms with van der Waals surface area (Å²) in [4.78, 5) is 11.9. The molecule has 3 aromatic rings. The zero-order valence-electron chi connectivity index (χ0n) is 16.5. The van der Waals surface area contributed by atoms with Gasteiger partial charge in [-0.2, -0.15) is 0 Å². The first-order valence-electron chi connectivity index (χ1n) is 9.62. The van der Waals surface area contributed by atoms with E-state index < -0.39 is 0 Å². The van der Waals surface area contributed by atoms with Crippen LogP contribution in [0.5, 0.6) is 0 Å². The first-order valence-corrected chi connectivity index (χ1v) is 9.62. The number of fused-ring (bicyclic) bond motifs is 1. The van der Waals surface area contributed by atoms with E-state index in [2.05, 4.69) is 40.8 Å². The van der Waals surface area contributed by atoms with Gasteiger partial charge in [-0.25, -0.2) is 4.98 Å². The maximum Gasteiger partial charge on any atom is 0.145 e. The Kier molecular flexibility index (Phi) is 4.55. The molecule has 2 heterocycles. The van der Waals surface area contributed by atoms with Crippen LogP contribution in [-0.2, 0) is 0 Å². The van der Waals surface area contributed by atoms with Gasteiger partial charge in [0, 0.05) is 24.5 Å². The van der Waals surface area contributed by atoms with Gasteiger partial charge in [0.05, 0.1) is 23.2 Å². The highest BCUT2D eigenvalue weighted by molar-refractivity contribution is 6.30. The van der Waals surface area contributed by atoms with Crippen molar-refractivity contribution in [1.29, 1.82) is 5.41 Å². The fourth-order valence-corrected chi connectivity index (χ4v) is 3.72. The number of aryl methyl sites for hydroxylation is 1. The average molecular weight is 375 g/mol. The smallest absolute Gasteiger partial charge is 0.145 e. The topological polar surface area (TPSA) is 79.2 Å². The van der Waals surface area contributed by atoms with Crippen molar-refractivity contribution in [3.63, 3.8) is 0 Å². The van der Waals surface area contributed by atoms with Gasteiger partial charge in [0.2, 0.25) is 0 Å². The second kappa shape index (κ2) is 7.03. The Balaban J connectivity index is 1.62. The first-order chi connectivity index (χ1) is 13.5. The van der Waals surface area contributed by atoms with Crippen LogP contribution in [0.15, 0.2) is 48.2 Å². The monoisotopic (exact) mass is 375 g/mol. The summed E-state index contributed by atoms with van der Waals surface area (Å²) < 4.78 is 0. The van der Waals surface area contributed by atoms with Gasteiger partial charge in [-0.05, 0) is 62.7 Å². The zero-order chi connectivity index (χ0) is 19.8. The van der Waals surface area contributed by atoms with Crippen LogP contribution in [-0.4, -0.2) is 40.5 Å². The number of rotatable bonds is 5. The van der Waals surface area contributed by atoms with Crippen LogP contribution >= 0.6 is 0 Å². The predicted octanol–water partition coefficient (Wildman–Crippen LogP) is 4.48. The molecule has 0 amide bonds. The molecular weight excluding hydrogens is 350 g/mol. The molecule has 1 aromatic heterocycles. The van der Waals surface area contributed by atoms with Gasteiger partial charge in [0.1, 0.15) is 17.4 Å². The van der Waals surface area contributed by atoms with E-state index in [1.165, 1.54) is 0 Å². The van der Waals surface area contributed by atoms with Crippen LogP contribution in [0.2, 0.25) is 0 Å². The predicted molar refractivity (Wildman–Crippen MR) is 115 cm³/mol. The largest absolute Gasteiger partial charge is 0.509 e. The number of aromatic nitrogens is 2. The minimum Gasteiger partial charge on any atom is -0.509 e. The molecule has 1 aliphatic rings. The average Bonchev–Trinajstić information content (AvgIpc) is 3.22. The number of nitrogens with zero attached hydrogens (tertiary/aromatic N) is 3. The van der Waals surface area contributed by atoms with Gasteiger partial charge in [0.15, 0.2) is 0 Å². The van der Waals surface area contributed by atoms with Gasteiger partial charge in [-0.15, -0.1) is 0 Å². The maximum absolute atomic E-state index is 10.6. The molecule has 144 valence electrons. The Morgan fingerprint density at radius 3 is 2.54 bits per heavy atom. The number of benzene rings is 2. The number of nitrogens with one attached hydrogen (secondary N) is 2. The Morgan fingerprint density at radius 1 is 1.14 bits per heavy atom. The number of aliphatic hydroxyl groups is 1. The second-order valence-corrected chi connectivity index (χ2v) is 7.05. The number of aromatic amines is 1. The fraction of sp³-hybridized carbons (Fsp3) is 0.273. The SMILES string of the molecule is CCN(CC)c1ccc(N2CC(O)=C(c3nc4ccc(C)cc4[nH]3)C2=N)cc1. The minimum atomic E-state index is 0.161. The molecule has 6 nitrogen and oxygen atoms in total. The van der Waals surface area contributed by atoms with Crippen LogP contribution in [0.4, 0.5) is 11.4 Å². The van der Waals surface area contributed by atoms with Crippen LogP contribution in [0, 0.1) is 12.3 Å². The molecule has 0 aliphatic carbocycles. The van der Waals surface area contributed by atoms with E-state index in [4.69, 9.17) is 5.41 Å². The van der Waals surface area contributed by atoms with Crippen molar-refractivity contribution >= 4 is 33.8 Å². The molecule has 1 aliphatic heterocycles. The molecule has 0 radical (unpaired) electrons. The highest BCUT2D eigenvalue weighted by Gasteiger charge is 2.31. The molecule has 0 bridgehead atoms. The van der Waals surface area contributed by atoms with E-state index in [0.717, 1.165) is 41.1 Å². The highest BCUT2D eigenvalue weighted by Crippen LogP contribution is 2.31. The van der Waals surface area contributed by atoms with Crippen molar-refractivity contribution in [2.24, 2.45) is 0 Å². The molecule has 0 atom stereocenters. The number of amidine groups is 1. The van der Waals surface area contributed by atoms with Gasteiger partial charge < -0.3 is 19.9 Å². The number of aliphatic hydroxyl groups excluding tert-OH is 1. The third-order valence-electron chi connectivity index (χ3n) is 5.27. The summed E-state index contributed by atoms with van der Waals surface area (Å²) in [5.74, 6) is 0.947. The number of anilines is 2. The Labute approximate surface area is 164 Å². The van der Waals surface area contributed by atoms with E-state index in [1.807, 2.05) is 37.3 Å². The van der Waals surface area contributed by atoms with Gasteiger partial charge in [-0.3, -0.25) is 5.41 Å². The van der Waals surface area contributed by atoms with E-state index in [0.29, 0.717) is 11.4 Å². The number of hydrogen-bond donors (Lipinski definition) is 3. The lowest BCUT2D eigenvalue weighted by Crippen LogP contribution is -2.26. The highest BCUT2D eigenvalue weighted by atomic mass is 16.3. The zero-order valence-corrected chi connectivity index (χ0v) is 16.5. The molecule has 2 aromatic carbocycles.